The minimum atomic E-state index is 0.165. The van der Waals surface area contributed by atoms with E-state index in [0.29, 0.717) is 23.6 Å². The highest BCUT2D eigenvalue weighted by Gasteiger charge is 2.53. The van der Waals surface area contributed by atoms with Crippen LogP contribution in [-0.2, 0) is 4.79 Å². The smallest absolute Gasteiger partial charge is 0.230 e. The summed E-state index contributed by atoms with van der Waals surface area (Å²) in [6.07, 6.45) is 0. The Hall–Kier alpha value is -1.00. The van der Waals surface area contributed by atoms with Gasteiger partial charge in [0.2, 0.25) is 5.91 Å². The maximum Gasteiger partial charge on any atom is 0.230 e. The predicted molar refractivity (Wildman–Crippen MR) is 68.9 cm³/mol. The van der Waals surface area contributed by atoms with Crippen LogP contribution in [0.25, 0.3) is 0 Å². The number of rotatable bonds is 4. The van der Waals surface area contributed by atoms with Gasteiger partial charge in [0.1, 0.15) is 0 Å². The molecule has 0 aromatic heterocycles. The van der Waals surface area contributed by atoms with Crippen molar-refractivity contribution in [1.29, 1.82) is 0 Å². The standard InChI is InChI=1S/C13H16N2OS/c16-12(8-17-9-4-2-1-3-5-9)15-13-10-6-14-7-11(10)13/h1-5,10-11,13-14H,6-8H2,(H,15,16). The maximum absolute atomic E-state index is 11.7. The Labute approximate surface area is 105 Å². The molecule has 90 valence electrons. The zero-order chi connectivity index (χ0) is 11.7. The SMILES string of the molecule is O=C(CSc1ccccc1)NC1C2CNCC21. The van der Waals surface area contributed by atoms with Crippen LogP contribution in [0.15, 0.2) is 35.2 Å². The molecular formula is C13H16N2OS. The Morgan fingerprint density at radius 1 is 1.29 bits per heavy atom. The van der Waals surface area contributed by atoms with Gasteiger partial charge in [-0.25, -0.2) is 0 Å². The number of benzene rings is 1. The summed E-state index contributed by atoms with van der Waals surface area (Å²) in [6.45, 7) is 2.14. The van der Waals surface area contributed by atoms with Crippen LogP contribution in [0, 0.1) is 11.8 Å². The predicted octanol–water partition coefficient (Wildman–Crippen LogP) is 1.11. The van der Waals surface area contributed by atoms with E-state index in [0.717, 1.165) is 18.0 Å². The van der Waals surface area contributed by atoms with Gasteiger partial charge in [-0.1, -0.05) is 18.2 Å². The molecule has 1 heterocycles. The van der Waals surface area contributed by atoms with Crippen LogP contribution >= 0.6 is 11.8 Å². The molecule has 2 atom stereocenters. The van der Waals surface area contributed by atoms with Gasteiger partial charge in [0, 0.05) is 24.0 Å². The molecule has 0 spiro atoms. The van der Waals surface area contributed by atoms with Crippen LogP contribution in [0.2, 0.25) is 0 Å². The molecule has 1 amide bonds. The van der Waals surface area contributed by atoms with E-state index in [1.165, 1.54) is 0 Å². The van der Waals surface area contributed by atoms with Crippen LogP contribution in [-0.4, -0.2) is 30.8 Å². The Balaban J connectivity index is 1.42. The quantitative estimate of drug-likeness (QED) is 0.784. The fourth-order valence-corrected chi connectivity index (χ4v) is 3.26. The first kappa shape index (κ1) is 11.1. The molecule has 1 saturated carbocycles. The Morgan fingerprint density at radius 2 is 2.00 bits per heavy atom. The first-order valence-electron chi connectivity index (χ1n) is 6.02. The van der Waals surface area contributed by atoms with Crippen molar-refractivity contribution in [3.8, 4) is 0 Å². The van der Waals surface area contributed by atoms with E-state index >= 15 is 0 Å². The molecule has 1 aliphatic heterocycles. The summed E-state index contributed by atoms with van der Waals surface area (Å²) < 4.78 is 0. The summed E-state index contributed by atoms with van der Waals surface area (Å²) in [5, 5.41) is 6.45. The van der Waals surface area contributed by atoms with Crippen molar-refractivity contribution in [3.05, 3.63) is 30.3 Å². The van der Waals surface area contributed by atoms with Gasteiger partial charge in [-0.15, -0.1) is 11.8 Å². The van der Waals surface area contributed by atoms with E-state index in [9.17, 15) is 4.79 Å². The molecule has 1 aliphatic carbocycles. The molecule has 2 N–H and O–H groups in total. The van der Waals surface area contributed by atoms with Crippen molar-refractivity contribution in [3.63, 3.8) is 0 Å². The largest absolute Gasteiger partial charge is 0.352 e. The fourth-order valence-electron chi connectivity index (χ4n) is 2.53. The van der Waals surface area contributed by atoms with Gasteiger partial charge < -0.3 is 10.6 Å². The minimum Gasteiger partial charge on any atom is -0.352 e. The molecule has 2 fully saturated rings. The summed E-state index contributed by atoms with van der Waals surface area (Å²) in [7, 11) is 0. The molecule has 1 saturated heterocycles. The molecule has 1 aromatic rings. The van der Waals surface area contributed by atoms with E-state index in [2.05, 4.69) is 10.6 Å². The topological polar surface area (TPSA) is 41.1 Å². The molecule has 1 aromatic carbocycles. The van der Waals surface area contributed by atoms with E-state index < -0.39 is 0 Å². The second-order valence-corrected chi connectivity index (χ2v) is 5.73. The molecule has 4 heteroatoms. The van der Waals surface area contributed by atoms with Crippen molar-refractivity contribution < 1.29 is 4.79 Å². The van der Waals surface area contributed by atoms with E-state index in [1.807, 2.05) is 30.3 Å². The number of carbonyl (C=O) groups excluding carboxylic acids is 1. The van der Waals surface area contributed by atoms with Gasteiger partial charge in [0.15, 0.2) is 0 Å². The third-order valence-electron chi connectivity index (χ3n) is 3.53. The third kappa shape index (κ3) is 2.48. The lowest BCUT2D eigenvalue weighted by Crippen LogP contribution is -2.33. The lowest BCUT2D eigenvalue weighted by Gasteiger charge is -2.07. The number of hydrogen-bond acceptors (Lipinski definition) is 3. The van der Waals surface area contributed by atoms with Crippen LogP contribution in [0.1, 0.15) is 0 Å². The summed E-state index contributed by atoms with van der Waals surface area (Å²) >= 11 is 1.60. The highest BCUT2D eigenvalue weighted by atomic mass is 32.2. The fraction of sp³-hybridized carbons (Fsp3) is 0.462. The van der Waals surface area contributed by atoms with Crippen molar-refractivity contribution in [2.75, 3.05) is 18.8 Å². The second kappa shape index (κ2) is 4.70. The molecule has 3 rings (SSSR count). The molecule has 2 unspecified atom stereocenters. The monoisotopic (exact) mass is 248 g/mol. The summed E-state index contributed by atoms with van der Waals surface area (Å²) in [4.78, 5) is 12.9. The number of nitrogens with one attached hydrogen (secondary N) is 2. The summed E-state index contributed by atoms with van der Waals surface area (Å²) in [5.41, 5.74) is 0. The van der Waals surface area contributed by atoms with Gasteiger partial charge in [-0.3, -0.25) is 4.79 Å². The van der Waals surface area contributed by atoms with Crippen LogP contribution in [0.5, 0.6) is 0 Å². The van der Waals surface area contributed by atoms with Gasteiger partial charge in [0.05, 0.1) is 5.75 Å². The lowest BCUT2D eigenvalue weighted by atomic mass is 10.4. The molecule has 2 aliphatic rings. The van der Waals surface area contributed by atoms with Gasteiger partial charge >= 0.3 is 0 Å². The van der Waals surface area contributed by atoms with Crippen LogP contribution < -0.4 is 10.6 Å². The molecule has 3 nitrogen and oxygen atoms in total. The number of amides is 1. The average Bonchev–Trinajstić information content (AvgIpc) is 2.79. The molecular weight excluding hydrogens is 232 g/mol. The van der Waals surface area contributed by atoms with Crippen LogP contribution in [0.3, 0.4) is 0 Å². The van der Waals surface area contributed by atoms with E-state index in [4.69, 9.17) is 0 Å². The first-order chi connectivity index (χ1) is 8.34. The molecule has 17 heavy (non-hydrogen) atoms. The number of thioether (sulfide) groups is 1. The minimum absolute atomic E-state index is 0.165. The van der Waals surface area contributed by atoms with E-state index in [-0.39, 0.29) is 5.91 Å². The Bertz CT molecular complexity index is 399. The average molecular weight is 248 g/mol. The van der Waals surface area contributed by atoms with E-state index in [1.54, 1.807) is 11.8 Å². The second-order valence-electron chi connectivity index (χ2n) is 4.68. The highest BCUT2D eigenvalue weighted by Crippen LogP contribution is 2.41. The van der Waals surface area contributed by atoms with Crippen molar-refractivity contribution in [1.82, 2.24) is 10.6 Å². The first-order valence-corrected chi connectivity index (χ1v) is 7.01. The van der Waals surface area contributed by atoms with Crippen molar-refractivity contribution in [2.45, 2.75) is 10.9 Å². The highest BCUT2D eigenvalue weighted by molar-refractivity contribution is 8.00. The molecule has 0 radical (unpaired) electrons. The summed E-state index contributed by atoms with van der Waals surface area (Å²) in [6, 6.07) is 10.5. The van der Waals surface area contributed by atoms with Crippen molar-refractivity contribution >= 4 is 17.7 Å². The third-order valence-corrected chi connectivity index (χ3v) is 4.54. The Morgan fingerprint density at radius 3 is 2.71 bits per heavy atom. The van der Waals surface area contributed by atoms with Gasteiger partial charge in [0.25, 0.3) is 0 Å². The molecule has 0 bridgehead atoms. The normalized spacial score (nSPS) is 29.8. The summed E-state index contributed by atoms with van der Waals surface area (Å²) in [5.74, 6) is 2.08. The zero-order valence-corrected chi connectivity index (χ0v) is 10.4. The van der Waals surface area contributed by atoms with Gasteiger partial charge in [-0.05, 0) is 24.0 Å². The maximum atomic E-state index is 11.7. The Kier molecular flexibility index (Phi) is 3.07. The zero-order valence-electron chi connectivity index (χ0n) is 9.56. The lowest BCUT2D eigenvalue weighted by molar-refractivity contribution is -0.118. The number of hydrogen-bond donors (Lipinski definition) is 2. The number of piperidine rings is 1. The number of fused-ring (bicyclic) bond motifs is 1. The van der Waals surface area contributed by atoms with Crippen molar-refractivity contribution in [2.24, 2.45) is 11.8 Å². The number of carbonyl (C=O) groups is 1. The van der Waals surface area contributed by atoms with Crippen LogP contribution in [0.4, 0.5) is 0 Å². The van der Waals surface area contributed by atoms with Gasteiger partial charge in [-0.2, -0.15) is 0 Å².